The highest BCUT2D eigenvalue weighted by atomic mass is 28.1. The van der Waals surface area contributed by atoms with Gasteiger partial charge in [-0.25, -0.2) is 0 Å². The molecule has 3 nitrogen and oxygen atoms in total. The summed E-state index contributed by atoms with van der Waals surface area (Å²) in [5, 5.41) is 18.5. The van der Waals surface area contributed by atoms with Gasteiger partial charge in [0, 0.05) is 22.4 Å². The predicted octanol–water partition coefficient (Wildman–Crippen LogP) is 0.389. The molecule has 1 heterocycles. The molecule has 1 atom stereocenters. The molecule has 0 radical (unpaired) electrons. The van der Waals surface area contributed by atoms with Crippen LogP contribution in [0, 0.1) is 0 Å². The predicted molar refractivity (Wildman–Crippen MR) is 65.0 cm³/mol. The number of aliphatic hydroxyl groups excluding tert-OH is 1. The van der Waals surface area contributed by atoms with Crippen molar-refractivity contribution in [1.82, 2.24) is 0 Å². The summed E-state index contributed by atoms with van der Waals surface area (Å²) in [6.07, 6.45) is 1.84. The van der Waals surface area contributed by atoms with Crippen LogP contribution >= 0.6 is 0 Å². The zero-order chi connectivity index (χ0) is 11.6. The minimum Gasteiger partial charge on any atom is -0.375 e. The Morgan fingerprint density at radius 2 is 2.00 bits per heavy atom. The largest absolute Gasteiger partial charge is 0.375 e. The van der Waals surface area contributed by atoms with E-state index in [0.29, 0.717) is 5.56 Å². The van der Waals surface area contributed by atoms with Crippen molar-refractivity contribution in [2.24, 2.45) is 0 Å². The molecule has 2 N–H and O–H groups in total. The van der Waals surface area contributed by atoms with Gasteiger partial charge in [-0.15, -0.1) is 0 Å². The molecule has 88 valence electrons. The summed E-state index contributed by atoms with van der Waals surface area (Å²) in [5.74, 6) is 0. The van der Waals surface area contributed by atoms with Gasteiger partial charge in [-0.3, -0.25) is 0 Å². The van der Waals surface area contributed by atoms with Crippen molar-refractivity contribution in [1.29, 1.82) is 0 Å². The monoisotopic (exact) mass is 238 g/mol. The summed E-state index contributed by atoms with van der Waals surface area (Å²) >= 11 is 0. The number of hydrogen-bond acceptors (Lipinski definition) is 3. The minimum absolute atomic E-state index is 0.238. The maximum Gasteiger partial charge on any atom is 0.178 e. The summed E-state index contributed by atoms with van der Waals surface area (Å²) in [7, 11) is 0.867. The first-order chi connectivity index (χ1) is 7.63. The Labute approximate surface area is 98.5 Å². The normalized spacial score (nSPS) is 26.2. The van der Waals surface area contributed by atoms with Crippen LogP contribution in [0.1, 0.15) is 36.7 Å². The number of benzene rings is 1. The number of ether oxygens (including phenoxy) is 1. The van der Waals surface area contributed by atoms with E-state index in [1.54, 1.807) is 6.07 Å². The van der Waals surface area contributed by atoms with Crippen LogP contribution in [-0.2, 0) is 9.96 Å². The number of rotatable bonds is 2. The van der Waals surface area contributed by atoms with Crippen molar-refractivity contribution in [3.8, 4) is 0 Å². The minimum atomic E-state index is -1.41. The van der Waals surface area contributed by atoms with E-state index in [1.807, 2.05) is 18.2 Å². The van der Waals surface area contributed by atoms with Crippen molar-refractivity contribution in [3.05, 3.63) is 35.4 Å². The molecule has 0 aromatic heterocycles. The van der Waals surface area contributed by atoms with E-state index in [9.17, 15) is 10.2 Å². The second kappa shape index (κ2) is 4.67. The lowest BCUT2D eigenvalue weighted by Gasteiger charge is -2.36. The third-order valence-electron chi connectivity index (χ3n) is 3.28. The molecule has 1 unspecified atom stereocenters. The van der Waals surface area contributed by atoms with Gasteiger partial charge in [0.05, 0.1) is 5.22 Å². The van der Waals surface area contributed by atoms with E-state index < -0.39 is 6.29 Å². The lowest BCUT2D eigenvalue weighted by atomic mass is 9.95. The van der Waals surface area contributed by atoms with Crippen LogP contribution < -0.4 is 0 Å². The maximum absolute atomic E-state index is 9.37. The molecule has 0 bridgehead atoms. The van der Waals surface area contributed by atoms with Gasteiger partial charge in [-0.1, -0.05) is 24.3 Å². The fraction of sp³-hybridized carbons (Fsp3) is 0.500. The van der Waals surface area contributed by atoms with Crippen LogP contribution in [0.5, 0.6) is 0 Å². The molecule has 1 saturated heterocycles. The highest BCUT2D eigenvalue weighted by molar-refractivity contribution is 6.15. The first-order valence-corrected chi connectivity index (χ1v) is 6.73. The van der Waals surface area contributed by atoms with E-state index in [2.05, 4.69) is 0 Å². The average Bonchev–Trinajstić information content (AvgIpc) is 2.30. The Hall–Kier alpha value is -0.683. The molecule has 0 spiro atoms. The number of hydrogen-bond donors (Lipinski definition) is 2. The van der Waals surface area contributed by atoms with Gasteiger partial charge in [0.25, 0.3) is 0 Å². The maximum atomic E-state index is 9.37. The van der Waals surface area contributed by atoms with E-state index in [4.69, 9.17) is 4.74 Å². The van der Waals surface area contributed by atoms with Crippen molar-refractivity contribution >= 4 is 10.2 Å². The SMILES string of the molecule is OC(O)c1ccccc1C1([SiH3])CCCCO1. The molecule has 4 heteroatoms. The molecule has 1 aliphatic rings. The summed E-state index contributed by atoms with van der Waals surface area (Å²) < 4.78 is 5.88. The Balaban J connectivity index is 2.38. The van der Waals surface area contributed by atoms with Gasteiger partial charge in [0.1, 0.15) is 0 Å². The van der Waals surface area contributed by atoms with Gasteiger partial charge in [-0.2, -0.15) is 0 Å². The Morgan fingerprint density at radius 1 is 1.25 bits per heavy atom. The highest BCUT2D eigenvalue weighted by Crippen LogP contribution is 2.35. The quantitative estimate of drug-likeness (QED) is 0.579. The summed E-state index contributed by atoms with van der Waals surface area (Å²) in [6, 6.07) is 7.47. The van der Waals surface area contributed by atoms with E-state index in [1.165, 1.54) is 0 Å². The standard InChI is InChI=1S/C12H18O3Si/c13-11(14)9-5-1-2-6-10(9)12(16)7-3-4-8-15-12/h1-2,5-6,11,13-14H,3-4,7-8H2,16H3. The van der Waals surface area contributed by atoms with Crippen molar-refractivity contribution in [2.45, 2.75) is 30.8 Å². The lowest BCUT2D eigenvalue weighted by Crippen LogP contribution is -2.35. The zero-order valence-corrected chi connectivity index (χ0v) is 11.5. The van der Waals surface area contributed by atoms with Crippen LogP contribution in [0.25, 0.3) is 0 Å². The second-order valence-electron chi connectivity index (χ2n) is 4.50. The molecule has 0 aliphatic carbocycles. The Kier molecular flexibility index (Phi) is 3.44. The van der Waals surface area contributed by atoms with Crippen LogP contribution in [0.3, 0.4) is 0 Å². The zero-order valence-electron chi connectivity index (χ0n) is 9.52. The molecule has 16 heavy (non-hydrogen) atoms. The molecule has 1 aromatic carbocycles. The fourth-order valence-corrected chi connectivity index (χ4v) is 3.36. The smallest absolute Gasteiger partial charge is 0.178 e. The van der Waals surface area contributed by atoms with Crippen molar-refractivity contribution < 1.29 is 14.9 Å². The van der Waals surface area contributed by atoms with Crippen LogP contribution in [0.2, 0.25) is 0 Å². The van der Waals surface area contributed by atoms with Crippen molar-refractivity contribution in [2.75, 3.05) is 6.61 Å². The molecule has 1 aromatic rings. The van der Waals surface area contributed by atoms with Crippen LogP contribution in [0.4, 0.5) is 0 Å². The topological polar surface area (TPSA) is 49.7 Å². The Bertz CT molecular complexity index is 359. The van der Waals surface area contributed by atoms with Crippen molar-refractivity contribution in [3.63, 3.8) is 0 Å². The van der Waals surface area contributed by atoms with Gasteiger partial charge in [0.15, 0.2) is 6.29 Å². The van der Waals surface area contributed by atoms with Crippen LogP contribution in [0.15, 0.2) is 24.3 Å². The molecular weight excluding hydrogens is 220 g/mol. The lowest BCUT2D eigenvalue weighted by molar-refractivity contribution is -0.0533. The first-order valence-electron chi connectivity index (χ1n) is 5.73. The van der Waals surface area contributed by atoms with E-state index in [-0.39, 0.29) is 5.22 Å². The molecule has 1 aliphatic heterocycles. The average molecular weight is 238 g/mol. The fourth-order valence-electron chi connectivity index (χ4n) is 2.35. The Morgan fingerprint density at radius 3 is 2.62 bits per heavy atom. The van der Waals surface area contributed by atoms with Gasteiger partial charge >= 0.3 is 0 Å². The molecule has 0 amide bonds. The second-order valence-corrected chi connectivity index (χ2v) is 6.11. The van der Waals surface area contributed by atoms with Gasteiger partial charge < -0.3 is 14.9 Å². The van der Waals surface area contributed by atoms with Gasteiger partial charge in [0.2, 0.25) is 0 Å². The number of aliphatic hydroxyl groups is 2. The summed E-state index contributed by atoms with van der Waals surface area (Å²) in [5.41, 5.74) is 1.54. The third kappa shape index (κ3) is 2.20. The van der Waals surface area contributed by atoms with E-state index in [0.717, 1.165) is 41.7 Å². The van der Waals surface area contributed by atoms with Crippen LogP contribution in [-0.4, -0.2) is 27.1 Å². The summed E-state index contributed by atoms with van der Waals surface area (Å²) in [6.45, 7) is 0.777. The first kappa shape index (κ1) is 11.8. The molecular formula is C12H18O3Si. The third-order valence-corrected chi connectivity index (χ3v) is 4.60. The molecule has 0 saturated carbocycles. The van der Waals surface area contributed by atoms with E-state index >= 15 is 0 Å². The summed E-state index contributed by atoms with van der Waals surface area (Å²) in [4.78, 5) is 0. The highest BCUT2D eigenvalue weighted by Gasteiger charge is 2.32. The molecule has 2 rings (SSSR count). The molecule has 1 fully saturated rings. The van der Waals surface area contributed by atoms with Gasteiger partial charge in [-0.05, 0) is 24.8 Å².